The zero-order valence-electron chi connectivity index (χ0n) is 15.5. The summed E-state index contributed by atoms with van der Waals surface area (Å²) < 4.78 is 6.06. The normalized spacial score (nSPS) is 11.0. The Morgan fingerprint density at radius 1 is 0.828 bits per heavy atom. The van der Waals surface area contributed by atoms with Crippen molar-refractivity contribution in [1.82, 2.24) is 15.0 Å². The average molecular weight is 379 g/mol. The van der Waals surface area contributed by atoms with Crippen LogP contribution in [-0.4, -0.2) is 15.0 Å². The van der Waals surface area contributed by atoms with Crippen LogP contribution < -0.4 is 10.3 Å². The molecule has 5 rings (SSSR count). The maximum atomic E-state index is 12.6. The Morgan fingerprint density at radius 3 is 2.55 bits per heavy atom. The summed E-state index contributed by atoms with van der Waals surface area (Å²) in [7, 11) is 0. The van der Waals surface area contributed by atoms with Gasteiger partial charge in [-0.05, 0) is 42.0 Å². The van der Waals surface area contributed by atoms with Crippen molar-refractivity contribution in [2.24, 2.45) is 0 Å². The van der Waals surface area contributed by atoms with Gasteiger partial charge in [0, 0.05) is 18.0 Å². The average Bonchev–Trinajstić information content (AvgIpc) is 2.75. The fourth-order valence-corrected chi connectivity index (χ4v) is 3.39. The molecule has 1 N–H and O–H groups in total. The molecule has 0 fully saturated rings. The highest BCUT2D eigenvalue weighted by Crippen LogP contribution is 2.29. The van der Waals surface area contributed by atoms with Crippen molar-refractivity contribution in [2.45, 2.75) is 6.42 Å². The van der Waals surface area contributed by atoms with Crippen LogP contribution in [0.1, 0.15) is 11.4 Å². The number of benzene rings is 3. The predicted octanol–water partition coefficient (Wildman–Crippen LogP) is 4.85. The lowest BCUT2D eigenvalue weighted by molar-refractivity contribution is 0.488. The Kier molecular flexibility index (Phi) is 4.26. The van der Waals surface area contributed by atoms with Gasteiger partial charge in [-0.1, -0.05) is 42.5 Å². The quantitative estimate of drug-likeness (QED) is 0.484. The van der Waals surface area contributed by atoms with Gasteiger partial charge in [-0.15, -0.1) is 0 Å². The van der Waals surface area contributed by atoms with Crippen LogP contribution in [-0.2, 0) is 6.42 Å². The minimum atomic E-state index is -0.175. The summed E-state index contributed by atoms with van der Waals surface area (Å²) in [5.74, 6) is 1.92. The Hall–Kier alpha value is -3.99. The van der Waals surface area contributed by atoms with Gasteiger partial charge in [-0.3, -0.25) is 9.78 Å². The maximum absolute atomic E-state index is 12.6. The van der Waals surface area contributed by atoms with E-state index in [1.165, 1.54) is 0 Å². The SMILES string of the molecule is O=c1[nH]c(Cc2ccccc2)nc2ccc(Oc3ccnc4ccccc34)cc12. The molecule has 0 unspecified atom stereocenters. The molecule has 0 bridgehead atoms. The highest BCUT2D eigenvalue weighted by atomic mass is 16.5. The molecular formula is C24H17N3O2. The second-order valence-electron chi connectivity index (χ2n) is 6.78. The number of hydrogen-bond donors (Lipinski definition) is 1. The zero-order valence-corrected chi connectivity index (χ0v) is 15.5. The molecule has 5 heteroatoms. The van der Waals surface area contributed by atoms with Gasteiger partial charge in [0.15, 0.2) is 0 Å². The van der Waals surface area contributed by atoms with Crippen molar-refractivity contribution < 1.29 is 4.74 Å². The first-order chi connectivity index (χ1) is 14.3. The lowest BCUT2D eigenvalue weighted by Crippen LogP contribution is -2.12. The molecule has 5 nitrogen and oxygen atoms in total. The van der Waals surface area contributed by atoms with Gasteiger partial charge >= 0.3 is 0 Å². The third kappa shape index (κ3) is 3.46. The van der Waals surface area contributed by atoms with E-state index in [-0.39, 0.29) is 5.56 Å². The second kappa shape index (κ2) is 7.20. The van der Waals surface area contributed by atoms with Crippen LogP contribution in [0, 0.1) is 0 Å². The van der Waals surface area contributed by atoms with Crippen molar-refractivity contribution in [3.63, 3.8) is 0 Å². The van der Waals surface area contributed by atoms with E-state index >= 15 is 0 Å². The molecule has 0 spiro atoms. The van der Waals surface area contributed by atoms with E-state index in [9.17, 15) is 4.79 Å². The van der Waals surface area contributed by atoms with E-state index in [4.69, 9.17) is 4.74 Å². The summed E-state index contributed by atoms with van der Waals surface area (Å²) in [6, 6.07) is 24.9. The molecule has 0 aliphatic heterocycles. The summed E-state index contributed by atoms with van der Waals surface area (Å²) in [6.07, 6.45) is 2.29. The third-order valence-electron chi connectivity index (χ3n) is 4.78. The van der Waals surface area contributed by atoms with Gasteiger partial charge in [-0.25, -0.2) is 4.98 Å². The first kappa shape index (κ1) is 17.1. The smallest absolute Gasteiger partial charge is 0.258 e. The molecule has 3 aromatic carbocycles. The maximum Gasteiger partial charge on any atom is 0.258 e. The summed E-state index contributed by atoms with van der Waals surface area (Å²) in [5, 5.41) is 1.41. The Labute approximate surface area is 166 Å². The van der Waals surface area contributed by atoms with Crippen LogP contribution in [0.3, 0.4) is 0 Å². The van der Waals surface area contributed by atoms with Crippen LogP contribution in [0.4, 0.5) is 0 Å². The van der Waals surface area contributed by atoms with E-state index in [0.717, 1.165) is 16.5 Å². The van der Waals surface area contributed by atoms with E-state index in [2.05, 4.69) is 15.0 Å². The fraction of sp³-hybridized carbons (Fsp3) is 0.0417. The second-order valence-corrected chi connectivity index (χ2v) is 6.78. The first-order valence-electron chi connectivity index (χ1n) is 9.35. The third-order valence-corrected chi connectivity index (χ3v) is 4.78. The van der Waals surface area contributed by atoms with Crippen molar-refractivity contribution in [2.75, 3.05) is 0 Å². The summed E-state index contributed by atoms with van der Waals surface area (Å²) in [5.41, 5.74) is 2.42. The molecule has 0 saturated carbocycles. The molecule has 0 amide bonds. The molecule has 0 saturated heterocycles. The lowest BCUT2D eigenvalue weighted by Gasteiger charge is -2.09. The molecular weight excluding hydrogens is 362 g/mol. The van der Waals surface area contributed by atoms with E-state index in [1.807, 2.05) is 72.8 Å². The number of rotatable bonds is 4. The Bertz CT molecular complexity index is 1370. The van der Waals surface area contributed by atoms with Crippen LogP contribution in [0.5, 0.6) is 11.5 Å². The van der Waals surface area contributed by atoms with E-state index < -0.39 is 0 Å². The van der Waals surface area contributed by atoms with Crippen molar-refractivity contribution in [3.8, 4) is 11.5 Å². The number of nitrogens with one attached hydrogen (secondary N) is 1. The molecule has 0 radical (unpaired) electrons. The number of aromatic amines is 1. The number of nitrogens with zero attached hydrogens (tertiary/aromatic N) is 2. The molecule has 5 aromatic rings. The number of para-hydroxylation sites is 1. The fourth-order valence-electron chi connectivity index (χ4n) is 3.39. The van der Waals surface area contributed by atoms with Gasteiger partial charge in [0.2, 0.25) is 0 Å². The molecule has 2 heterocycles. The van der Waals surface area contributed by atoms with Crippen molar-refractivity contribution in [3.05, 3.63) is 107 Å². The van der Waals surface area contributed by atoms with Gasteiger partial charge < -0.3 is 9.72 Å². The summed E-state index contributed by atoms with van der Waals surface area (Å²) in [6.45, 7) is 0. The number of hydrogen-bond acceptors (Lipinski definition) is 4. The number of fused-ring (bicyclic) bond motifs is 2. The topological polar surface area (TPSA) is 67.9 Å². The molecule has 0 aliphatic carbocycles. The van der Waals surface area contributed by atoms with Crippen LogP contribution >= 0.6 is 0 Å². The molecule has 140 valence electrons. The van der Waals surface area contributed by atoms with Crippen LogP contribution in [0.15, 0.2) is 89.9 Å². The molecule has 2 aromatic heterocycles. The lowest BCUT2D eigenvalue weighted by atomic mass is 10.1. The molecule has 29 heavy (non-hydrogen) atoms. The number of aromatic nitrogens is 3. The molecule has 0 aliphatic rings. The van der Waals surface area contributed by atoms with Crippen molar-refractivity contribution >= 4 is 21.8 Å². The predicted molar refractivity (Wildman–Crippen MR) is 113 cm³/mol. The molecule has 0 atom stereocenters. The first-order valence-corrected chi connectivity index (χ1v) is 9.35. The van der Waals surface area contributed by atoms with Crippen LogP contribution in [0.25, 0.3) is 21.8 Å². The monoisotopic (exact) mass is 379 g/mol. The minimum Gasteiger partial charge on any atom is -0.457 e. The highest BCUT2D eigenvalue weighted by molar-refractivity contribution is 5.85. The van der Waals surface area contributed by atoms with Gasteiger partial charge in [0.05, 0.1) is 16.4 Å². The summed E-state index contributed by atoms with van der Waals surface area (Å²) >= 11 is 0. The van der Waals surface area contributed by atoms with Crippen LogP contribution in [0.2, 0.25) is 0 Å². The van der Waals surface area contributed by atoms with Gasteiger partial charge in [0.1, 0.15) is 17.3 Å². The van der Waals surface area contributed by atoms with Gasteiger partial charge in [0.25, 0.3) is 5.56 Å². The number of H-pyrrole nitrogens is 1. The standard InChI is InChI=1S/C24H17N3O2/c28-24-19-15-17(29-22-12-13-25-20-9-5-4-8-18(20)22)10-11-21(19)26-23(27-24)14-16-6-2-1-3-7-16/h1-13,15H,14H2,(H,26,27,28). The zero-order chi connectivity index (χ0) is 19.6. The Balaban J connectivity index is 1.50. The largest absolute Gasteiger partial charge is 0.457 e. The number of ether oxygens (including phenoxy) is 1. The number of pyridine rings is 1. The van der Waals surface area contributed by atoms with E-state index in [0.29, 0.717) is 34.6 Å². The highest BCUT2D eigenvalue weighted by Gasteiger charge is 2.09. The van der Waals surface area contributed by atoms with E-state index in [1.54, 1.807) is 12.3 Å². The van der Waals surface area contributed by atoms with Crippen molar-refractivity contribution in [1.29, 1.82) is 0 Å². The Morgan fingerprint density at radius 2 is 1.66 bits per heavy atom. The minimum absolute atomic E-state index is 0.175. The summed E-state index contributed by atoms with van der Waals surface area (Å²) in [4.78, 5) is 24.5. The van der Waals surface area contributed by atoms with Gasteiger partial charge in [-0.2, -0.15) is 0 Å².